The molecule has 1 aromatic carbocycles. The van der Waals surface area contributed by atoms with Gasteiger partial charge < -0.3 is 20.6 Å². The van der Waals surface area contributed by atoms with Crippen molar-refractivity contribution >= 4 is 29.9 Å². The Labute approximate surface area is 205 Å². The van der Waals surface area contributed by atoms with Crippen LogP contribution in [-0.4, -0.2) is 78.8 Å². The van der Waals surface area contributed by atoms with Gasteiger partial charge in [-0.15, -0.1) is 24.0 Å². The molecule has 176 valence electrons. The normalized spacial score (nSPS) is 19.8. The Morgan fingerprint density at radius 2 is 1.74 bits per heavy atom. The molecule has 31 heavy (non-hydrogen) atoms. The van der Waals surface area contributed by atoms with E-state index in [-0.39, 0.29) is 30.1 Å². The largest absolute Gasteiger partial charge is 0.393 e. The van der Waals surface area contributed by atoms with Crippen LogP contribution >= 0.6 is 24.0 Å². The van der Waals surface area contributed by atoms with E-state index >= 15 is 0 Å². The molecule has 1 aromatic rings. The van der Waals surface area contributed by atoms with Crippen LogP contribution in [0.3, 0.4) is 0 Å². The minimum atomic E-state index is -0.0908. The molecule has 0 aliphatic carbocycles. The highest BCUT2D eigenvalue weighted by Crippen LogP contribution is 2.16. The van der Waals surface area contributed by atoms with Crippen molar-refractivity contribution in [2.24, 2.45) is 4.99 Å². The number of hydrogen-bond donors (Lipinski definition) is 3. The van der Waals surface area contributed by atoms with Crippen molar-refractivity contribution < 1.29 is 5.11 Å². The quantitative estimate of drug-likeness (QED) is 0.204. The van der Waals surface area contributed by atoms with E-state index in [4.69, 9.17) is 4.99 Å². The van der Waals surface area contributed by atoms with Crippen LogP contribution in [-0.2, 0) is 6.54 Å². The number of piperidine rings is 2. The third-order valence-corrected chi connectivity index (χ3v) is 6.39. The van der Waals surface area contributed by atoms with Crippen molar-refractivity contribution in [2.45, 2.75) is 64.6 Å². The van der Waals surface area contributed by atoms with Gasteiger partial charge in [-0.25, -0.2) is 0 Å². The molecule has 0 saturated carbocycles. The predicted octanol–water partition coefficient (Wildman–Crippen LogP) is 2.98. The van der Waals surface area contributed by atoms with Crippen LogP contribution in [0.25, 0.3) is 0 Å². The summed E-state index contributed by atoms with van der Waals surface area (Å²) in [6.45, 7) is 12.5. The van der Waals surface area contributed by atoms with Gasteiger partial charge in [-0.1, -0.05) is 24.3 Å². The maximum Gasteiger partial charge on any atom is 0.191 e. The minimum Gasteiger partial charge on any atom is -0.393 e. The Morgan fingerprint density at radius 3 is 2.42 bits per heavy atom. The summed E-state index contributed by atoms with van der Waals surface area (Å²) in [5.41, 5.74) is 2.84. The number of aliphatic hydroxyl groups is 1. The molecule has 3 rings (SSSR count). The fraction of sp³-hybridized carbons (Fsp3) is 0.708. The number of guanidine groups is 1. The van der Waals surface area contributed by atoms with Gasteiger partial charge in [-0.2, -0.15) is 0 Å². The molecular formula is C24H42IN5O. The van der Waals surface area contributed by atoms with Gasteiger partial charge in [0.1, 0.15) is 0 Å². The lowest BCUT2D eigenvalue weighted by atomic mass is 10.0. The standard InChI is InChI=1S/C24H41N5O.HI/c1-3-25-24(26-13-6-14-28-17-11-23(30)12-18-28)27-22-9-15-29(16-10-22)19-21-8-5-4-7-20(21)2;/h4-5,7-8,22-23,30H,3,6,9-19H2,1-2H3,(H2,25,26,27);1H. The second-order valence-corrected chi connectivity index (χ2v) is 8.81. The lowest BCUT2D eigenvalue weighted by Gasteiger charge is -2.33. The van der Waals surface area contributed by atoms with Crippen molar-refractivity contribution in [3.8, 4) is 0 Å². The molecule has 0 spiro atoms. The molecule has 0 atom stereocenters. The van der Waals surface area contributed by atoms with Crippen molar-refractivity contribution in [1.82, 2.24) is 20.4 Å². The van der Waals surface area contributed by atoms with Gasteiger partial charge in [-0.3, -0.25) is 9.89 Å². The highest BCUT2D eigenvalue weighted by Gasteiger charge is 2.20. The maximum atomic E-state index is 9.62. The van der Waals surface area contributed by atoms with Crippen molar-refractivity contribution in [1.29, 1.82) is 0 Å². The molecule has 2 heterocycles. The van der Waals surface area contributed by atoms with Gasteiger partial charge in [0, 0.05) is 51.9 Å². The molecule has 0 aromatic heterocycles. The highest BCUT2D eigenvalue weighted by molar-refractivity contribution is 14.0. The van der Waals surface area contributed by atoms with Crippen LogP contribution in [0.4, 0.5) is 0 Å². The number of likely N-dealkylation sites (tertiary alicyclic amines) is 2. The van der Waals surface area contributed by atoms with Crippen LogP contribution in [0.5, 0.6) is 0 Å². The summed E-state index contributed by atoms with van der Waals surface area (Å²) in [6.07, 6.45) is 5.12. The number of aryl methyl sites for hydroxylation is 1. The number of hydrogen-bond acceptors (Lipinski definition) is 4. The summed E-state index contributed by atoms with van der Waals surface area (Å²) in [4.78, 5) is 9.83. The first-order chi connectivity index (χ1) is 14.6. The Morgan fingerprint density at radius 1 is 1.06 bits per heavy atom. The van der Waals surface area contributed by atoms with E-state index in [1.807, 2.05) is 0 Å². The average molecular weight is 544 g/mol. The van der Waals surface area contributed by atoms with E-state index in [0.717, 1.165) is 90.4 Å². The molecule has 3 N–H and O–H groups in total. The van der Waals surface area contributed by atoms with Gasteiger partial charge in [0.2, 0.25) is 0 Å². The van der Waals surface area contributed by atoms with E-state index in [0.29, 0.717) is 6.04 Å². The maximum absolute atomic E-state index is 9.62. The fourth-order valence-electron chi connectivity index (χ4n) is 4.41. The zero-order valence-electron chi connectivity index (χ0n) is 19.4. The number of nitrogens with zero attached hydrogens (tertiary/aromatic N) is 3. The van der Waals surface area contributed by atoms with Crippen molar-refractivity contribution in [3.63, 3.8) is 0 Å². The van der Waals surface area contributed by atoms with Crippen molar-refractivity contribution in [2.75, 3.05) is 45.8 Å². The van der Waals surface area contributed by atoms with Crippen LogP contribution in [0.15, 0.2) is 29.3 Å². The van der Waals surface area contributed by atoms with Crippen LogP contribution < -0.4 is 10.6 Å². The van der Waals surface area contributed by atoms with Crippen molar-refractivity contribution in [3.05, 3.63) is 35.4 Å². The van der Waals surface area contributed by atoms with Gasteiger partial charge in [0.05, 0.1) is 6.10 Å². The predicted molar refractivity (Wildman–Crippen MR) is 140 cm³/mol. The number of halogens is 1. The first kappa shape index (κ1) is 26.4. The molecule has 2 saturated heterocycles. The fourth-order valence-corrected chi connectivity index (χ4v) is 4.41. The zero-order chi connectivity index (χ0) is 21.2. The first-order valence-corrected chi connectivity index (χ1v) is 11.9. The molecule has 2 aliphatic rings. The van der Waals surface area contributed by atoms with E-state index < -0.39 is 0 Å². The molecule has 0 radical (unpaired) electrons. The lowest BCUT2D eigenvalue weighted by Crippen LogP contribution is -2.48. The Balaban J connectivity index is 0.00000341. The van der Waals surface area contributed by atoms with Crippen LogP contribution in [0, 0.1) is 6.92 Å². The van der Waals surface area contributed by atoms with Crippen LogP contribution in [0.2, 0.25) is 0 Å². The molecule has 2 fully saturated rings. The second-order valence-electron chi connectivity index (χ2n) is 8.81. The summed E-state index contributed by atoms with van der Waals surface area (Å²) < 4.78 is 0. The molecular weight excluding hydrogens is 501 g/mol. The lowest BCUT2D eigenvalue weighted by molar-refractivity contribution is 0.0824. The summed E-state index contributed by atoms with van der Waals surface area (Å²) in [6, 6.07) is 9.22. The van der Waals surface area contributed by atoms with E-state index in [1.54, 1.807) is 0 Å². The van der Waals surface area contributed by atoms with Gasteiger partial charge in [0.25, 0.3) is 0 Å². The summed E-state index contributed by atoms with van der Waals surface area (Å²) in [5, 5.41) is 16.7. The topological polar surface area (TPSA) is 63.1 Å². The van der Waals surface area contributed by atoms with E-state index in [9.17, 15) is 5.11 Å². The third-order valence-electron chi connectivity index (χ3n) is 6.39. The summed E-state index contributed by atoms with van der Waals surface area (Å²) >= 11 is 0. The Hall–Kier alpha value is -0.900. The monoisotopic (exact) mass is 543 g/mol. The number of aliphatic hydroxyl groups excluding tert-OH is 1. The van der Waals surface area contributed by atoms with Gasteiger partial charge in [-0.05, 0) is 63.6 Å². The Kier molecular flexibility index (Phi) is 12.1. The molecule has 2 aliphatic heterocycles. The number of benzene rings is 1. The van der Waals surface area contributed by atoms with Crippen LogP contribution in [0.1, 0.15) is 50.2 Å². The van der Waals surface area contributed by atoms with E-state index in [2.05, 4.69) is 58.5 Å². The molecule has 0 amide bonds. The molecule has 6 nitrogen and oxygen atoms in total. The first-order valence-electron chi connectivity index (χ1n) is 11.9. The molecule has 7 heteroatoms. The number of rotatable bonds is 8. The number of nitrogens with one attached hydrogen (secondary N) is 2. The SMILES string of the molecule is CCNC(=NCCCN1CCC(O)CC1)NC1CCN(Cc2ccccc2C)CC1.I. The summed E-state index contributed by atoms with van der Waals surface area (Å²) in [7, 11) is 0. The minimum absolute atomic E-state index is 0. The smallest absolute Gasteiger partial charge is 0.191 e. The molecule has 0 bridgehead atoms. The summed E-state index contributed by atoms with van der Waals surface area (Å²) in [5.74, 6) is 0.962. The third kappa shape index (κ3) is 9.24. The zero-order valence-corrected chi connectivity index (χ0v) is 21.7. The van der Waals surface area contributed by atoms with E-state index in [1.165, 1.54) is 11.1 Å². The second kappa shape index (κ2) is 14.3. The Bertz CT molecular complexity index is 655. The van der Waals surface area contributed by atoms with Gasteiger partial charge >= 0.3 is 0 Å². The number of aliphatic imine (C=N–C) groups is 1. The van der Waals surface area contributed by atoms with Gasteiger partial charge in [0.15, 0.2) is 5.96 Å². The average Bonchev–Trinajstić information content (AvgIpc) is 2.75. The molecule has 0 unspecified atom stereocenters. The highest BCUT2D eigenvalue weighted by atomic mass is 127.